The van der Waals surface area contributed by atoms with Crippen molar-refractivity contribution in [3.05, 3.63) is 0 Å². The predicted molar refractivity (Wildman–Crippen MR) is 57.0 cm³/mol. The lowest BCUT2D eigenvalue weighted by Gasteiger charge is -2.30. The summed E-state index contributed by atoms with van der Waals surface area (Å²) in [5.74, 6) is 0. The van der Waals surface area contributed by atoms with Crippen molar-refractivity contribution in [1.82, 2.24) is 5.32 Å². The van der Waals surface area contributed by atoms with Crippen molar-refractivity contribution in [2.45, 2.75) is 38.0 Å². The van der Waals surface area contributed by atoms with E-state index in [2.05, 4.69) is 12.2 Å². The van der Waals surface area contributed by atoms with Gasteiger partial charge in [0.15, 0.2) is 0 Å². The lowest BCUT2D eigenvalue weighted by atomic mass is 10.0. The van der Waals surface area contributed by atoms with Crippen LogP contribution < -0.4 is 5.32 Å². The first-order valence-corrected chi connectivity index (χ1v) is 5.89. The molecule has 4 heteroatoms. The summed E-state index contributed by atoms with van der Waals surface area (Å²) < 4.78 is 16.4. The monoisotopic (exact) mass is 215 g/mol. The predicted octanol–water partition coefficient (Wildman–Crippen LogP) is 0.559. The minimum atomic E-state index is 0.233. The third-order valence-corrected chi connectivity index (χ3v) is 3.00. The van der Waals surface area contributed by atoms with Crippen LogP contribution >= 0.6 is 0 Å². The molecule has 0 aromatic carbocycles. The highest BCUT2D eigenvalue weighted by Gasteiger charge is 2.21. The Hall–Kier alpha value is -0.160. The molecular weight excluding hydrogens is 194 g/mol. The summed E-state index contributed by atoms with van der Waals surface area (Å²) in [6.07, 6.45) is 2.84. The largest absolute Gasteiger partial charge is 0.378 e. The van der Waals surface area contributed by atoms with Crippen molar-refractivity contribution < 1.29 is 14.2 Å². The van der Waals surface area contributed by atoms with Crippen molar-refractivity contribution >= 4 is 0 Å². The highest BCUT2D eigenvalue weighted by Crippen LogP contribution is 2.13. The standard InChI is InChI=1S/C11H21NO3/c1-9-6-10(2-3-14-9)12-7-11-8-13-4-5-15-11/h9-12H,2-8H2,1H3. The third-order valence-electron chi connectivity index (χ3n) is 3.00. The van der Waals surface area contributed by atoms with Crippen LogP contribution in [0.1, 0.15) is 19.8 Å². The molecule has 0 aromatic rings. The quantitative estimate of drug-likeness (QED) is 0.746. The van der Waals surface area contributed by atoms with Crippen LogP contribution in [0.3, 0.4) is 0 Å². The molecule has 2 rings (SSSR count). The Morgan fingerprint density at radius 3 is 2.87 bits per heavy atom. The van der Waals surface area contributed by atoms with Crippen molar-refractivity contribution in [3.8, 4) is 0 Å². The second-order valence-corrected chi connectivity index (χ2v) is 4.38. The van der Waals surface area contributed by atoms with Crippen LogP contribution in [0.4, 0.5) is 0 Å². The van der Waals surface area contributed by atoms with Crippen molar-refractivity contribution in [2.24, 2.45) is 0 Å². The van der Waals surface area contributed by atoms with Crippen LogP contribution in [-0.4, -0.2) is 51.2 Å². The number of rotatable bonds is 3. The number of hydrogen-bond acceptors (Lipinski definition) is 4. The van der Waals surface area contributed by atoms with Crippen molar-refractivity contribution in [1.29, 1.82) is 0 Å². The molecule has 1 N–H and O–H groups in total. The van der Waals surface area contributed by atoms with Crippen LogP contribution in [0, 0.1) is 0 Å². The SMILES string of the molecule is CC1CC(NCC2COCCO2)CCO1. The van der Waals surface area contributed by atoms with E-state index in [1.54, 1.807) is 0 Å². The second-order valence-electron chi connectivity index (χ2n) is 4.38. The maximum Gasteiger partial charge on any atom is 0.0933 e. The fraction of sp³-hybridized carbons (Fsp3) is 1.00. The second kappa shape index (κ2) is 5.80. The van der Waals surface area contributed by atoms with Gasteiger partial charge in [0.05, 0.1) is 32.0 Å². The van der Waals surface area contributed by atoms with E-state index in [-0.39, 0.29) is 6.10 Å². The number of ether oxygens (including phenoxy) is 3. The van der Waals surface area contributed by atoms with E-state index >= 15 is 0 Å². The molecule has 3 unspecified atom stereocenters. The molecule has 88 valence electrons. The van der Waals surface area contributed by atoms with Crippen molar-refractivity contribution in [3.63, 3.8) is 0 Å². The van der Waals surface area contributed by atoms with Crippen LogP contribution in [0.5, 0.6) is 0 Å². The highest BCUT2D eigenvalue weighted by atomic mass is 16.6. The average molecular weight is 215 g/mol. The molecule has 2 aliphatic heterocycles. The molecule has 0 aromatic heterocycles. The Morgan fingerprint density at radius 2 is 2.13 bits per heavy atom. The van der Waals surface area contributed by atoms with Crippen LogP contribution in [0.25, 0.3) is 0 Å². The Kier molecular flexibility index (Phi) is 4.38. The molecule has 0 bridgehead atoms. The Labute approximate surface area is 91.3 Å². The van der Waals surface area contributed by atoms with E-state index in [0.717, 1.165) is 45.8 Å². The third kappa shape index (κ3) is 3.72. The van der Waals surface area contributed by atoms with Gasteiger partial charge in [0.25, 0.3) is 0 Å². The molecule has 15 heavy (non-hydrogen) atoms. The Morgan fingerprint density at radius 1 is 1.20 bits per heavy atom. The van der Waals surface area contributed by atoms with Crippen molar-refractivity contribution in [2.75, 3.05) is 33.0 Å². The van der Waals surface area contributed by atoms with Gasteiger partial charge in [-0.1, -0.05) is 0 Å². The van der Waals surface area contributed by atoms with E-state index in [1.165, 1.54) is 0 Å². The zero-order valence-corrected chi connectivity index (χ0v) is 9.41. The highest BCUT2D eigenvalue weighted by molar-refractivity contribution is 4.76. The van der Waals surface area contributed by atoms with Gasteiger partial charge in [0.1, 0.15) is 0 Å². The number of nitrogens with one attached hydrogen (secondary N) is 1. The summed E-state index contributed by atoms with van der Waals surface area (Å²) in [5, 5.41) is 3.54. The van der Waals surface area contributed by atoms with Gasteiger partial charge >= 0.3 is 0 Å². The lowest BCUT2D eigenvalue weighted by Crippen LogP contribution is -2.44. The first-order chi connectivity index (χ1) is 7.34. The summed E-state index contributed by atoms with van der Waals surface area (Å²) >= 11 is 0. The fourth-order valence-corrected chi connectivity index (χ4v) is 2.14. The fourth-order valence-electron chi connectivity index (χ4n) is 2.14. The van der Waals surface area contributed by atoms with E-state index < -0.39 is 0 Å². The zero-order chi connectivity index (χ0) is 10.5. The zero-order valence-electron chi connectivity index (χ0n) is 9.41. The van der Waals surface area contributed by atoms with Gasteiger partial charge in [-0.2, -0.15) is 0 Å². The normalized spacial score (nSPS) is 37.8. The molecule has 2 saturated heterocycles. The molecule has 0 amide bonds. The lowest BCUT2D eigenvalue weighted by molar-refractivity contribution is -0.0885. The molecule has 0 spiro atoms. The minimum absolute atomic E-state index is 0.233. The molecule has 2 aliphatic rings. The average Bonchev–Trinajstić information content (AvgIpc) is 2.28. The molecular formula is C11H21NO3. The first-order valence-electron chi connectivity index (χ1n) is 5.89. The van der Waals surface area contributed by atoms with E-state index in [0.29, 0.717) is 12.1 Å². The van der Waals surface area contributed by atoms with Crippen LogP contribution in [0.15, 0.2) is 0 Å². The summed E-state index contributed by atoms with van der Waals surface area (Å²) in [6, 6.07) is 0.583. The minimum Gasteiger partial charge on any atom is -0.378 e. The van der Waals surface area contributed by atoms with Crippen LogP contribution in [-0.2, 0) is 14.2 Å². The topological polar surface area (TPSA) is 39.7 Å². The van der Waals surface area contributed by atoms with Gasteiger partial charge in [-0.15, -0.1) is 0 Å². The summed E-state index contributed by atoms with van der Waals surface area (Å²) in [6.45, 7) is 6.11. The molecule has 0 saturated carbocycles. The number of hydrogen-bond donors (Lipinski definition) is 1. The maximum atomic E-state index is 5.58. The van der Waals surface area contributed by atoms with E-state index in [4.69, 9.17) is 14.2 Å². The molecule has 0 aliphatic carbocycles. The summed E-state index contributed by atoms with van der Waals surface area (Å²) in [7, 11) is 0. The molecule has 0 radical (unpaired) electrons. The van der Waals surface area contributed by atoms with Crippen LogP contribution in [0.2, 0.25) is 0 Å². The van der Waals surface area contributed by atoms with Gasteiger partial charge in [-0.25, -0.2) is 0 Å². The maximum absolute atomic E-state index is 5.58. The molecule has 3 atom stereocenters. The summed E-state index contributed by atoms with van der Waals surface area (Å²) in [5.41, 5.74) is 0. The van der Waals surface area contributed by atoms with E-state index in [1.807, 2.05) is 0 Å². The molecule has 2 fully saturated rings. The first kappa shape index (κ1) is 11.3. The van der Waals surface area contributed by atoms with Gasteiger partial charge in [-0.05, 0) is 19.8 Å². The van der Waals surface area contributed by atoms with Gasteiger partial charge in [0.2, 0.25) is 0 Å². The van der Waals surface area contributed by atoms with E-state index in [9.17, 15) is 0 Å². The Balaban J connectivity index is 1.63. The molecule has 4 nitrogen and oxygen atoms in total. The van der Waals surface area contributed by atoms with Gasteiger partial charge in [0, 0.05) is 19.2 Å². The van der Waals surface area contributed by atoms with Gasteiger partial charge in [-0.3, -0.25) is 0 Å². The molecule has 2 heterocycles. The Bertz CT molecular complexity index is 183. The smallest absolute Gasteiger partial charge is 0.0933 e. The van der Waals surface area contributed by atoms with Gasteiger partial charge < -0.3 is 19.5 Å². The summed E-state index contributed by atoms with van der Waals surface area (Å²) in [4.78, 5) is 0.